The van der Waals surface area contributed by atoms with Crippen molar-refractivity contribution in [2.24, 2.45) is 0 Å². The number of aromatic hydroxyl groups is 2. The molecule has 0 bridgehead atoms. The molecule has 0 spiro atoms. The Kier molecular flexibility index (Phi) is 6.95. The zero-order valence-corrected chi connectivity index (χ0v) is 16.3. The molecule has 0 radical (unpaired) electrons. The minimum atomic E-state index is -0.603. The lowest BCUT2D eigenvalue weighted by atomic mass is 9.89. The van der Waals surface area contributed by atoms with Gasteiger partial charge in [0.1, 0.15) is 0 Å². The number of benzene rings is 1. The zero-order chi connectivity index (χ0) is 19.9. The SMILES string of the molecule is N=C(OC(=O)C=Cc1ccc(O)c(O)c1)N(C1CCCCC1)C1CCCCC1. The number of phenolic OH excluding ortho intramolecular Hbond substituents is 2. The van der Waals surface area contributed by atoms with Gasteiger partial charge in [0.2, 0.25) is 0 Å². The Balaban J connectivity index is 1.65. The van der Waals surface area contributed by atoms with Crippen LogP contribution in [0.3, 0.4) is 0 Å². The second-order valence-corrected chi connectivity index (χ2v) is 7.80. The molecule has 2 saturated carbocycles. The summed E-state index contributed by atoms with van der Waals surface area (Å²) in [4.78, 5) is 14.3. The van der Waals surface area contributed by atoms with Gasteiger partial charge in [-0.2, -0.15) is 0 Å². The Morgan fingerprint density at radius 1 is 0.964 bits per heavy atom. The maximum atomic E-state index is 12.3. The first kappa shape index (κ1) is 20.2. The molecule has 0 unspecified atom stereocenters. The Bertz CT molecular complexity index is 701. The molecule has 0 saturated heterocycles. The van der Waals surface area contributed by atoms with Crippen molar-refractivity contribution < 1.29 is 19.7 Å². The van der Waals surface area contributed by atoms with E-state index in [1.165, 1.54) is 62.8 Å². The van der Waals surface area contributed by atoms with Gasteiger partial charge in [0.25, 0.3) is 6.02 Å². The highest BCUT2D eigenvalue weighted by molar-refractivity contribution is 5.95. The maximum absolute atomic E-state index is 12.3. The number of hydrogen-bond acceptors (Lipinski definition) is 5. The van der Waals surface area contributed by atoms with Crippen LogP contribution in [0.1, 0.15) is 69.8 Å². The van der Waals surface area contributed by atoms with E-state index >= 15 is 0 Å². The number of nitrogens with zero attached hydrogens (tertiary/aromatic N) is 1. The van der Waals surface area contributed by atoms with Crippen molar-refractivity contribution in [3.63, 3.8) is 0 Å². The van der Waals surface area contributed by atoms with E-state index in [1.807, 2.05) is 0 Å². The van der Waals surface area contributed by atoms with Gasteiger partial charge in [0.05, 0.1) is 0 Å². The fourth-order valence-corrected chi connectivity index (χ4v) is 4.34. The zero-order valence-electron chi connectivity index (χ0n) is 16.3. The molecule has 0 atom stereocenters. The van der Waals surface area contributed by atoms with Crippen molar-refractivity contribution in [1.29, 1.82) is 5.41 Å². The molecule has 152 valence electrons. The summed E-state index contributed by atoms with van der Waals surface area (Å²) in [5, 5.41) is 27.4. The average molecular weight is 386 g/mol. The number of rotatable bonds is 4. The fraction of sp³-hybridized carbons (Fsp3) is 0.545. The molecule has 0 aliphatic heterocycles. The van der Waals surface area contributed by atoms with E-state index in [0.717, 1.165) is 25.7 Å². The minimum absolute atomic E-state index is 0.0398. The van der Waals surface area contributed by atoms with Gasteiger partial charge in [-0.25, -0.2) is 4.79 Å². The van der Waals surface area contributed by atoms with E-state index in [-0.39, 0.29) is 29.6 Å². The summed E-state index contributed by atoms with van der Waals surface area (Å²) in [7, 11) is 0. The normalized spacial score (nSPS) is 18.9. The molecule has 2 fully saturated rings. The van der Waals surface area contributed by atoms with Crippen LogP contribution in [0, 0.1) is 5.41 Å². The van der Waals surface area contributed by atoms with Crippen LogP contribution in [0.4, 0.5) is 0 Å². The molecule has 0 amide bonds. The van der Waals surface area contributed by atoms with E-state index < -0.39 is 5.97 Å². The monoisotopic (exact) mass is 386 g/mol. The molecule has 2 aliphatic carbocycles. The largest absolute Gasteiger partial charge is 0.504 e. The van der Waals surface area contributed by atoms with Crippen LogP contribution in [0.15, 0.2) is 24.3 Å². The summed E-state index contributed by atoms with van der Waals surface area (Å²) >= 11 is 0. The first-order valence-corrected chi connectivity index (χ1v) is 10.3. The van der Waals surface area contributed by atoms with Crippen molar-refractivity contribution in [1.82, 2.24) is 4.90 Å². The number of ether oxygens (including phenoxy) is 1. The van der Waals surface area contributed by atoms with Crippen molar-refractivity contribution in [2.45, 2.75) is 76.3 Å². The van der Waals surface area contributed by atoms with Crippen LogP contribution < -0.4 is 0 Å². The Morgan fingerprint density at radius 3 is 2.07 bits per heavy atom. The second kappa shape index (κ2) is 9.62. The molecule has 3 N–H and O–H groups in total. The number of carbonyl (C=O) groups excluding carboxylic acids is 1. The quantitative estimate of drug-likeness (QED) is 0.232. The van der Waals surface area contributed by atoms with Crippen LogP contribution in [0.2, 0.25) is 0 Å². The third-order valence-electron chi connectivity index (χ3n) is 5.78. The fourth-order valence-electron chi connectivity index (χ4n) is 4.34. The molecular formula is C22H30N2O4. The summed E-state index contributed by atoms with van der Waals surface area (Å²) in [6.07, 6.45) is 14.1. The predicted octanol–water partition coefficient (Wildman–Crippen LogP) is 4.56. The Labute approximate surface area is 166 Å². The van der Waals surface area contributed by atoms with Gasteiger partial charge in [-0.05, 0) is 49.5 Å². The predicted molar refractivity (Wildman–Crippen MR) is 108 cm³/mol. The van der Waals surface area contributed by atoms with Crippen molar-refractivity contribution >= 4 is 18.1 Å². The molecule has 1 aromatic carbocycles. The van der Waals surface area contributed by atoms with Crippen LogP contribution in [-0.4, -0.2) is 39.2 Å². The maximum Gasteiger partial charge on any atom is 0.338 e. The third kappa shape index (κ3) is 5.27. The lowest BCUT2D eigenvalue weighted by Crippen LogP contribution is -2.49. The van der Waals surface area contributed by atoms with Crippen molar-refractivity contribution in [2.75, 3.05) is 0 Å². The number of carbonyl (C=O) groups is 1. The summed E-state index contributed by atoms with van der Waals surface area (Å²) in [5.74, 6) is -1.06. The van der Waals surface area contributed by atoms with Gasteiger partial charge >= 0.3 is 5.97 Å². The van der Waals surface area contributed by atoms with Gasteiger partial charge in [-0.3, -0.25) is 5.41 Å². The van der Waals surface area contributed by atoms with Gasteiger partial charge in [0, 0.05) is 18.2 Å². The summed E-state index contributed by atoms with van der Waals surface area (Å²) in [6, 6.07) is 4.84. The molecule has 6 heteroatoms. The Hall–Kier alpha value is -2.50. The number of amidine groups is 1. The van der Waals surface area contributed by atoms with E-state index in [9.17, 15) is 15.0 Å². The molecule has 0 heterocycles. The van der Waals surface area contributed by atoms with E-state index in [1.54, 1.807) is 6.07 Å². The lowest BCUT2D eigenvalue weighted by Gasteiger charge is -2.41. The van der Waals surface area contributed by atoms with Gasteiger partial charge in [-0.15, -0.1) is 0 Å². The lowest BCUT2D eigenvalue weighted by molar-refractivity contribution is -0.131. The van der Waals surface area contributed by atoms with E-state index in [4.69, 9.17) is 10.1 Å². The molecular weight excluding hydrogens is 356 g/mol. The van der Waals surface area contributed by atoms with Crippen LogP contribution in [0.5, 0.6) is 11.5 Å². The van der Waals surface area contributed by atoms with Crippen molar-refractivity contribution in [3.05, 3.63) is 29.8 Å². The van der Waals surface area contributed by atoms with Crippen molar-refractivity contribution in [3.8, 4) is 11.5 Å². The highest BCUT2D eigenvalue weighted by atomic mass is 16.6. The molecule has 28 heavy (non-hydrogen) atoms. The Morgan fingerprint density at radius 2 is 1.54 bits per heavy atom. The number of hydrogen-bond donors (Lipinski definition) is 3. The van der Waals surface area contributed by atoms with E-state index in [2.05, 4.69) is 4.90 Å². The second-order valence-electron chi connectivity index (χ2n) is 7.80. The molecule has 0 aromatic heterocycles. The highest BCUT2D eigenvalue weighted by Gasteiger charge is 2.32. The summed E-state index contributed by atoms with van der Waals surface area (Å²) in [5.41, 5.74) is 0.565. The van der Waals surface area contributed by atoms with Gasteiger partial charge in [-0.1, -0.05) is 44.6 Å². The smallest absolute Gasteiger partial charge is 0.338 e. The molecule has 2 aliphatic rings. The first-order chi connectivity index (χ1) is 13.5. The van der Waals surface area contributed by atoms with E-state index in [0.29, 0.717) is 5.56 Å². The first-order valence-electron chi connectivity index (χ1n) is 10.3. The highest BCUT2D eigenvalue weighted by Crippen LogP contribution is 2.30. The molecule has 6 nitrogen and oxygen atoms in total. The van der Waals surface area contributed by atoms with Gasteiger partial charge < -0.3 is 19.8 Å². The van der Waals surface area contributed by atoms with Crippen LogP contribution in [-0.2, 0) is 9.53 Å². The molecule has 3 rings (SSSR count). The average Bonchev–Trinajstić information content (AvgIpc) is 2.71. The van der Waals surface area contributed by atoms with Crippen LogP contribution in [0.25, 0.3) is 6.08 Å². The minimum Gasteiger partial charge on any atom is -0.504 e. The number of phenols is 2. The topological polar surface area (TPSA) is 93.8 Å². The summed E-state index contributed by atoms with van der Waals surface area (Å²) in [6.45, 7) is 0. The summed E-state index contributed by atoms with van der Waals surface area (Å²) < 4.78 is 5.37. The standard InChI is InChI=1S/C22H30N2O4/c23-22(28-21(27)14-12-16-11-13-19(25)20(26)15-16)24(17-7-3-1-4-8-17)18-9-5-2-6-10-18/h11-15,17-18,23,25-26H,1-10H2. The van der Waals surface area contributed by atoms with Crippen LogP contribution >= 0.6 is 0 Å². The number of nitrogens with one attached hydrogen (secondary N) is 1. The molecule has 1 aromatic rings. The number of esters is 1. The third-order valence-corrected chi connectivity index (χ3v) is 5.78. The van der Waals surface area contributed by atoms with Gasteiger partial charge in [0.15, 0.2) is 11.5 Å².